The van der Waals surface area contributed by atoms with Gasteiger partial charge in [0.15, 0.2) is 0 Å². The first-order chi connectivity index (χ1) is 7.96. The third-order valence-electron chi connectivity index (χ3n) is 2.60. The van der Waals surface area contributed by atoms with Crippen molar-refractivity contribution in [3.63, 3.8) is 0 Å². The van der Waals surface area contributed by atoms with Crippen molar-refractivity contribution >= 4 is 16.6 Å². The van der Waals surface area contributed by atoms with E-state index in [2.05, 4.69) is 31.1 Å². The van der Waals surface area contributed by atoms with E-state index in [-0.39, 0.29) is 5.54 Å². The van der Waals surface area contributed by atoms with Gasteiger partial charge in [-0.2, -0.15) is 0 Å². The topological polar surface area (TPSA) is 50.9 Å². The number of anilines is 1. The molecule has 0 fully saturated rings. The Bertz CT molecular complexity index is 526. The minimum absolute atomic E-state index is 0.0854. The van der Waals surface area contributed by atoms with E-state index in [1.54, 1.807) is 0 Å². The van der Waals surface area contributed by atoms with E-state index < -0.39 is 0 Å². The minimum Gasteiger partial charge on any atom is -0.398 e. The van der Waals surface area contributed by atoms with E-state index in [4.69, 9.17) is 5.73 Å². The number of aromatic nitrogens is 1. The number of nitrogen functional groups attached to an aromatic ring is 1. The van der Waals surface area contributed by atoms with Gasteiger partial charge in [0.2, 0.25) is 0 Å². The van der Waals surface area contributed by atoms with Crippen molar-refractivity contribution < 1.29 is 0 Å². The number of nitrogens with two attached hydrogens (primary N) is 1. The Morgan fingerprint density at radius 3 is 2.65 bits per heavy atom. The third-order valence-corrected chi connectivity index (χ3v) is 2.60. The van der Waals surface area contributed by atoms with Gasteiger partial charge >= 0.3 is 0 Å². The van der Waals surface area contributed by atoms with Gasteiger partial charge in [0.25, 0.3) is 0 Å². The summed E-state index contributed by atoms with van der Waals surface area (Å²) in [5.41, 5.74) is 8.85. The van der Waals surface area contributed by atoms with Crippen molar-refractivity contribution in [2.45, 2.75) is 32.9 Å². The van der Waals surface area contributed by atoms with Gasteiger partial charge in [-0.15, -0.1) is 0 Å². The number of nitrogens with one attached hydrogen (secondary N) is 1. The first kappa shape index (κ1) is 11.9. The van der Waals surface area contributed by atoms with Crippen LogP contribution in [0.25, 0.3) is 10.9 Å². The van der Waals surface area contributed by atoms with Crippen molar-refractivity contribution in [1.29, 1.82) is 0 Å². The van der Waals surface area contributed by atoms with E-state index in [0.717, 1.165) is 28.8 Å². The average Bonchev–Trinajstić information content (AvgIpc) is 2.26. The highest BCUT2D eigenvalue weighted by Gasteiger charge is 2.10. The highest BCUT2D eigenvalue weighted by molar-refractivity contribution is 5.90. The first-order valence-electron chi connectivity index (χ1n) is 5.85. The molecule has 2 rings (SSSR count). The molecule has 0 atom stereocenters. The fourth-order valence-electron chi connectivity index (χ4n) is 1.71. The van der Waals surface area contributed by atoms with E-state index in [0.29, 0.717) is 0 Å². The number of hydrogen-bond acceptors (Lipinski definition) is 3. The molecule has 3 nitrogen and oxygen atoms in total. The fourth-order valence-corrected chi connectivity index (χ4v) is 1.71. The van der Waals surface area contributed by atoms with Crippen molar-refractivity contribution in [3.8, 4) is 0 Å². The molecule has 1 heterocycles. The molecule has 0 amide bonds. The fraction of sp³-hybridized carbons (Fsp3) is 0.357. The molecule has 0 unspecified atom stereocenters. The molecule has 0 radical (unpaired) electrons. The molecule has 3 heteroatoms. The molecule has 0 aliphatic heterocycles. The van der Waals surface area contributed by atoms with Crippen LogP contribution in [0.4, 0.5) is 5.69 Å². The normalized spacial score (nSPS) is 11.9. The summed E-state index contributed by atoms with van der Waals surface area (Å²) in [6.45, 7) is 7.14. The zero-order valence-corrected chi connectivity index (χ0v) is 10.6. The number of nitrogens with zero attached hydrogens (tertiary/aromatic N) is 1. The van der Waals surface area contributed by atoms with E-state index >= 15 is 0 Å². The Kier molecular flexibility index (Phi) is 3.03. The molecule has 0 bridgehead atoms. The van der Waals surface area contributed by atoms with E-state index in [9.17, 15) is 0 Å². The number of pyridine rings is 1. The molecule has 0 saturated heterocycles. The number of hydrogen-bond donors (Lipinski definition) is 2. The lowest BCUT2D eigenvalue weighted by molar-refractivity contribution is 0.421. The monoisotopic (exact) mass is 229 g/mol. The predicted molar refractivity (Wildman–Crippen MR) is 72.7 cm³/mol. The Morgan fingerprint density at radius 1 is 1.24 bits per heavy atom. The van der Waals surface area contributed by atoms with Crippen molar-refractivity contribution in [2.24, 2.45) is 0 Å². The lowest BCUT2D eigenvalue weighted by Crippen LogP contribution is -2.35. The number of rotatable bonds is 2. The molecule has 0 saturated carbocycles. The van der Waals surface area contributed by atoms with Crippen LogP contribution in [0.2, 0.25) is 0 Å². The van der Waals surface area contributed by atoms with Crippen LogP contribution in [0.15, 0.2) is 30.3 Å². The Hall–Kier alpha value is -1.61. The summed E-state index contributed by atoms with van der Waals surface area (Å²) in [5, 5.41) is 4.43. The summed E-state index contributed by atoms with van der Waals surface area (Å²) in [7, 11) is 0. The molecule has 3 N–H and O–H groups in total. The molecule has 0 aliphatic carbocycles. The second-order valence-corrected chi connectivity index (χ2v) is 5.32. The highest BCUT2D eigenvalue weighted by atomic mass is 15.0. The predicted octanol–water partition coefficient (Wildman–Crippen LogP) is 2.71. The molecule has 0 aliphatic rings. The second kappa shape index (κ2) is 4.34. The maximum absolute atomic E-state index is 6.03. The molecule has 2 aromatic rings. The van der Waals surface area contributed by atoms with Gasteiger partial charge < -0.3 is 11.1 Å². The second-order valence-electron chi connectivity index (χ2n) is 5.32. The minimum atomic E-state index is 0.0854. The highest BCUT2D eigenvalue weighted by Crippen LogP contribution is 2.20. The van der Waals surface area contributed by atoms with Crippen LogP contribution < -0.4 is 11.1 Å². The molecule has 90 valence electrons. The quantitative estimate of drug-likeness (QED) is 0.832. The maximum Gasteiger partial charge on any atom is 0.0726 e. The van der Waals surface area contributed by atoms with Gasteiger partial charge in [-0.25, -0.2) is 0 Å². The Morgan fingerprint density at radius 2 is 1.94 bits per heavy atom. The third kappa shape index (κ3) is 2.94. The van der Waals surface area contributed by atoms with Crippen LogP contribution in [0, 0.1) is 0 Å². The van der Waals surface area contributed by atoms with Crippen LogP contribution in [0.1, 0.15) is 26.5 Å². The Labute approximate surface area is 102 Å². The Balaban J connectivity index is 2.31. The summed E-state index contributed by atoms with van der Waals surface area (Å²) in [5.74, 6) is 0. The van der Waals surface area contributed by atoms with E-state index in [1.165, 1.54) is 0 Å². The zero-order valence-electron chi connectivity index (χ0n) is 10.6. The molecular formula is C14H19N3. The lowest BCUT2D eigenvalue weighted by Gasteiger charge is -2.20. The van der Waals surface area contributed by atoms with Crippen molar-refractivity contribution in [1.82, 2.24) is 10.3 Å². The van der Waals surface area contributed by atoms with Crippen LogP contribution in [0.5, 0.6) is 0 Å². The molecule has 17 heavy (non-hydrogen) atoms. The van der Waals surface area contributed by atoms with Crippen molar-refractivity contribution in [3.05, 3.63) is 36.0 Å². The summed E-state index contributed by atoms with van der Waals surface area (Å²) >= 11 is 0. The lowest BCUT2D eigenvalue weighted by atomic mass is 10.1. The van der Waals surface area contributed by atoms with Gasteiger partial charge in [-0.1, -0.05) is 18.2 Å². The average molecular weight is 229 g/mol. The number of para-hydroxylation sites is 1. The first-order valence-corrected chi connectivity index (χ1v) is 5.85. The molecule has 0 spiro atoms. The van der Waals surface area contributed by atoms with Crippen LogP contribution >= 0.6 is 0 Å². The summed E-state index contributed by atoms with van der Waals surface area (Å²) in [4.78, 5) is 4.60. The molecule has 1 aromatic carbocycles. The van der Waals surface area contributed by atoms with Gasteiger partial charge in [0, 0.05) is 23.2 Å². The zero-order chi connectivity index (χ0) is 12.5. The van der Waals surface area contributed by atoms with Crippen LogP contribution in [0.3, 0.4) is 0 Å². The summed E-state index contributed by atoms with van der Waals surface area (Å²) < 4.78 is 0. The summed E-state index contributed by atoms with van der Waals surface area (Å²) in [6.07, 6.45) is 0. The van der Waals surface area contributed by atoms with Crippen LogP contribution in [-0.4, -0.2) is 10.5 Å². The largest absolute Gasteiger partial charge is 0.398 e. The molecular weight excluding hydrogens is 210 g/mol. The standard InChI is InChI=1S/C14H19N3/c1-14(2,3)16-9-10-8-12(15)11-6-4-5-7-13(11)17-10/h4-8,16H,9H2,1-3H3,(H2,15,17). The van der Waals surface area contributed by atoms with Gasteiger partial charge in [-0.05, 0) is 32.9 Å². The van der Waals surface area contributed by atoms with E-state index in [1.807, 2.05) is 30.3 Å². The van der Waals surface area contributed by atoms with Gasteiger partial charge in [0.1, 0.15) is 0 Å². The van der Waals surface area contributed by atoms with Crippen molar-refractivity contribution in [2.75, 3.05) is 5.73 Å². The maximum atomic E-state index is 6.03. The molecule has 1 aromatic heterocycles. The number of benzene rings is 1. The number of fused-ring (bicyclic) bond motifs is 1. The van der Waals surface area contributed by atoms with Crippen LogP contribution in [-0.2, 0) is 6.54 Å². The smallest absolute Gasteiger partial charge is 0.0726 e. The summed E-state index contributed by atoms with van der Waals surface area (Å²) in [6, 6.07) is 9.90. The SMILES string of the molecule is CC(C)(C)NCc1cc(N)c2ccccc2n1. The van der Waals surface area contributed by atoms with Gasteiger partial charge in [-0.3, -0.25) is 4.98 Å². The van der Waals surface area contributed by atoms with Gasteiger partial charge in [0.05, 0.1) is 11.2 Å².